The van der Waals surface area contributed by atoms with Crippen molar-refractivity contribution in [1.82, 2.24) is 9.55 Å². The molecule has 0 spiro atoms. The Kier molecular flexibility index (Phi) is 3.84. The molecule has 2 heterocycles. The van der Waals surface area contributed by atoms with Crippen LogP contribution in [0, 0.1) is 0 Å². The number of hydrogen-bond acceptors (Lipinski definition) is 5. The third kappa shape index (κ3) is 2.73. The number of carbonyl (C=O) groups is 2. The molecule has 0 amide bonds. The van der Waals surface area contributed by atoms with Crippen LogP contribution in [0.3, 0.4) is 0 Å². The molecule has 0 N–H and O–H groups in total. The maximum Gasteiger partial charge on any atom is 0.338 e. The first-order valence-electron chi connectivity index (χ1n) is 9.05. The van der Waals surface area contributed by atoms with Crippen LogP contribution >= 0.6 is 0 Å². The summed E-state index contributed by atoms with van der Waals surface area (Å²) in [4.78, 5) is 42.5. The molecule has 0 aliphatic carbocycles. The Labute approximate surface area is 165 Å². The number of hydrogen-bond donors (Lipinski definition) is 0. The fraction of sp³-hybridized carbons (Fsp3) is 0.0435. The molecule has 6 heteroatoms. The SMILES string of the molecule is O=C(OCc1ccccc1)c1ccc2c(c1)C(=O)c1nc3ccccc3c(=O)n1-2. The Morgan fingerprint density at radius 1 is 0.931 bits per heavy atom. The number of rotatable bonds is 3. The number of ether oxygens (including phenoxy) is 1. The Morgan fingerprint density at radius 3 is 2.52 bits per heavy atom. The average Bonchev–Trinajstić information content (AvgIpc) is 3.04. The predicted octanol–water partition coefficient (Wildman–Crippen LogP) is 3.29. The molecule has 0 bridgehead atoms. The molecule has 1 aliphatic heterocycles. The predicted molar refractivity (Wildman–Crippen MR) is 106 cm³/mol. The van der Waals surface area contributed by atoms with Crippen molar-refractivity contribution in [2.45, 2.75) is 6.61 Å². The van der Waals surface area contributed by atoms with E-state index in [1.54, 1.807) is 36.4 Å². The third-order valence-corrected chi connectivity index (χ3v) is 4.91. The van der Waals surface area contributed by atoms with E-state index in [0.717, 1.165) is 5.56 Å². The topological polar surface area (TPSA) is 78.3 Å². The highest BCUT2D eigenvalue weighted by Gasteiger charge is 2.31. The molecule has 0 atom stereocenters. The third-order valence-electron chi connectivity index (χ3n) is 4.91. The minimum absolute atomic E-state index is 0.0542. The Balaban J connectivity index is 1.51. The minimum Gasteiger partial charge on any atom is -0.457 e. The van der Waals surface area contributed by atoms with Crippen LogP contribution in [-0.4, -0.2) is 21.3 Å². The zero-order valence-corrected chi connectivity index (χ0v) is 15.2. The lowest BCUT2D eigenvalue weighted by Gasteiger charge is -2.07. The minimum atomic E-state index is -0.536. The molecule has 0 radical (unpaired) electrons. The van der Waals surface area contributed by atoms with E-state index in [4.69, 9.17) is 4.74 Å². The van der Waals surface area contributed by atoms with Crippen LogP contribution in [0.1, 0.15) is 32.1 Å². The number of fused-ring (bicyclic) bond motifs is 4. The van der Waals surface area contributed by atoms with Crippen LogP contribution in [0.15, 0.2) is 77.6 Å². The van der Waals surface area contributed by atoms with Crippen molar-refractivity contribution in [2.75, 3.05) is 0 Å². The van der Waals surface area contributed by atoms with Crippen LogP contribution in [0.25, 0.3) is 16.6 Å². The van der Waals surface area contributed by atoms with E-state index in [1.807, 2.05) is 30.3 Å². The monoisotopic (exact) mass is 382 g/mol. The average molecular weight is 382 g/mol. The molecule has 29 heavy (non-hydrogen) atoms. The van der Waals surface area contributed by atoms with E-state index in [9.17, 15) is 14.4 Å². The number of aromatic nitrogens is 2. The molecule has 0 saturated carbocycles. The summed E-state index contributed by atoms with van der Waals surface area (Å²) in [6.07, 6.45) is 0. The first kappa shape index (κ1) is 17.1. The van der Waals surface area contributed by atoms with Gasteiger partial charge in [-0.1, -0.05) is 42.5 Å². The number of ketones is 1. The van der Waals surface area contributed by atoms with E-state index in [0.29, 0.717) is 16.6 Å². The first-order chi connectivity index (χ1) is 14.1. The summed E-state index contributed by atoms with van der Waals surface area (Å²) in [5.41, 5.74) is 1.96. The molecule has 140 valence electrons. The molecule has 3 aromatic carbocycles. The summed E-state index contributed by atoms with van der Waals surface area (Å²) >= 11 is 0. The van der Waals surface area contributed by atoms with Gasteiger partial charge < -0.3 is 4.74 Å². The molecular formula is C23H14N2O4. The van der Waals surface area contributed by atoms with Gasteiger partial charge in [0.15, 0.2) is 5.82 Å². The van der Waals surface area contributed by atoms with E-state index < -0.39 is 5.97 Å². The lowest BCUT2D eigenvalue weighted by Crippen LogP contribution is -2.21. The van der Waals surface area contributed by atoms with Crippen LogP contribution < -0.4 is 5.56 Å². The second-order valence-electron chi connectivity index (χ2n) is 6.72. The van der Waals surface area contributed by atoms with Crippen molar-refractivity contribution in [3.8, 4) is 5.69 Å². The fourth-order valence-corrected chi connectivity index (χ4v) is 3.48. The van der Waals surface area contributed by atoms with E-state index in [2.05, 4.69) is 4.98 Å². The number of nitrogens with zero attached hydrogens (tertiary/aromatic N) is 2. The van der Waals surface area contributed by atoms with Gasteiger partial charge in [-0.2, -0.15) is 0 Å². The van der Waals surface area contributed by atoms with Gasteiger partial charge in [0.1, 0.15) is 6.61 Å². The normalized spacial score (nSPS) is 11.9. The molecular weight excluding hydrogens is 368 g/mol. The molecule has 1 aliphatic rings. The van der Waals surface area contributed by atoms with Crippen molar-refractivity contribution < 1.29 is 14.3 Å². The van der Waals surface area contributed by atoms with Gasteiger partial charge in [0.05, 0.1) is 27.7 Å². The van der Waals surface area contributed by atoms with Gasteiger partial charge in [-0.3, -0.25) is 14.2 Å². The second kappa shape index (κ2) is 6.53. The quantitative estimate of drug-likeness (QED) is 0.448. The van der Waals surface area contributed by atoms with Crippen molar-refractivity contribution in [1.29, 1.82) is 0 Å². The molecule has 0 saturated heterocycles. The highest BCUT2D eigenvalue weighted by atomic mass is 16.5. The molecule has 4 aromatic rings. The van der Waals surface area contributed by atoms with E-state index in [-0.39, 0.29) is 34.9 Å². The van der Waals surface area contributed by atoms with Gasteiger partial charge in [-0.05, 0) is 35.9 Å². The number of para-hydroxylation sites is 1. The lowest BCUT2D eigenvalue weighted by atomic mass is 10.1. The molecule has 5 rings (SSSR count). The number of carbonyl (C=O) groups excluding carboxylic acids is 2. The van der Waals surface area contributed by atoms with Crippen molar-refractivity contribution >= 4 is 22.7 Å². The Bertz CT molecular complexity index is 1360. The second-order valence-corrected chi connectivity index (χ2v) is 6.72. The summed E-state index contributed by atoms with van der Waals surface area (Å²) < 4.78 is 6.64. The molecule has 1 aromatic heterocycles. The van der Waals surface area contributed by atoms with E-state index in [1.165, 1.54) is 10.6 Å². The fourth-order valence-electron chi connectivity index (χ4n) is 3.48. The highest BCUT2D eigenvalue weighted by Crippen LogP contribution is 2.27. The maximum atomic E-state index is 12.9. The van der Waals surface area contributed by atoms with Crippen LogP contribution in [-0.2, 0) is 11.3 Å². The van der Waals surface area contributed by atoms with E-state index >= 15 is 0 Å². The van der Waals surface area contributed by atoms with Gasteiger partial charge in [-0.25, -0.2) is 9.78 Å². The van der Waals surface area contributed by atoms with Gasteiger partial charge in [-0.15, -0.1) is 0 Å². The zero-order valence-electron chi connectivity index (χ0n) is 15.2. The van der Waals surface area contributed by atoms with Crippen molar-refractivity contribution in [3.63, 3.8) is 0 Å². The molecule has 0 unspecified atom stereocenters. The largest absolute Gasteiger partial charge is 0.457 e. The van der Waals surface area contributed by atoms with Crippen LogP contribution in [0.5, 0.6) is 0 Å². The van der Waals surface area contributed by atoms with Gasteiger partial charge in [0, 0.05) is 0 Å². The summed E-state index contributed by atoms with van der Waals surface area (Å²) in [6, 6.07) is 20.8. The smallest absolute Gasteiger partial charge is 0.338 e. The summed E-state index contributed by atoms with van der Waals surface area (Å²) in [5.74, 6) is -0.870. The highest BCUT2D eigenvalue weighted by molar-refractivity contribution is 6.14. The van der Waals surface area contributed by atoms with Gasteiger partial charge in [0.25, 0.3) is 5.56 Å². The molecule has 0 fully saturated rings. The standard InChI is InChI=1S/C23H14N2O4/c26-20-17-12-15(23(28)29-13-14-6-2-1-3-7-14)10-11-19(17)25-21(20)24-18-9-5-4-8-16(18)22(25)27/h1-12H,13H2. The Morgan fingerprint density at radius 2 is 1.69 bits per heavy atom. The van der Waals surface area contributed by atoms with Crippen LogP contribution in [0.4, 0.5) is 0 Å². The summed E-state index contributed by atoms with van der Waals surface area (Å²) in [6.45, 7) is 0.136. The molecule has 6 nitrogen and oxygen atoms in total. The van der Waals surface area contributed by atoms with Gasteiger partial charge in [0.2, 0.25) is 5.78 Å². The number of benzene rings is 3. The lowest BCUT2D eigenvalue weighted by molar-refractivity contribution is 0.0472. The van der Waals surface area contributed by atoms with Crippen LogP contribution in [0.2, 0.25) is 0 Å². The maximum absolute atomic E-state index is 12.9. The van der Waals surface area contributed by atoms with Crippen molar-refractivity contribution in [2.24, 2.45) is 0 Å². The summed E-state index contributed by atoms with van der Waals surface area (Å²) in [7, 11) is 0. The summed E-state index contributed by atoms with van der Waals surface area (Å²) in [5, 5.41) is 0.434. The van der Waals surface area contributed by atoms with Gasteiger partial charge >= 0.3 is 5.97 Å². The Hall–Kier alpha value is -4.06. The zero-order chi connectivity index (χ0) is 20.0. The number of esters is 1. The van der Waals surface area contributed by atoms with Crippen molar-refractivity contribution in [3.05, 3.63) is 106 Å². The first-order valence-corrected chi connectivity index (χ1v) is 9.05.